The first-order chi connectivity index (χ1) is 19.4. The predicted molar refractivity (Wildman–Crippen MR) is 167 cm³/mol. The second-order valence-electron chi connectivity index (χ2n) is 10.2. The van der Waals surface area contributed by atoms with E-state index in [1.807, 2.05) is 0 Å². The Kier molecular flexibility index (Phi) is 4.88. The number of anilines is 6. The van der Waals surface area contributed by atoms with Gasteiger partial charge >= 0.3 is 0 Å². The largest absolute Gasteiger partial charge is 0.311 e. The lowest BCUT2D eigenvalue weighted by Crippen LogP contribution is -2.79. The third-order valence-corrected chi connectivity index (χ3v) is 13.1. The van der Waals surface area contributed by atoms with Crippen LogP contribution >= 0.6 is 0 Å². The Balaban J connectivity index is 1.53. The first-order valence-electron chi connectivity index (χ1n) is 13.5. The van der Waals surface area contributed by atoms with Crippen LogP contribution < -0.4 is 30.5 Å². The molecule has 2 heterocycles. The molecule has 0 aliphatic carbocycles. The average Bonchev–Trinajstić information content (AvgIpc) is 3.02. The zero-order chi connectivity index (χ0) is 25.8. The molecule has 0 saturated carbocycles. The maximum absolute atomic E-state index is 2.69. The van der Waals surface area contributed by atoms with E-state index in [-0.39, 0.29) is 0 Å². The molecule has 8 rings (SSSR count). The van der Waals surface area contributed by atoms with Crippen molar-refractivity contribution in [2.75, 3.05) is 9.80 Å². The molecule has 0 amide bonds. The first kappa shape index (κ1) is 22.2. The Morgan fingerprint density at radius 1 is 0.282 bits per heavy atom. The van der Waals surface area contributed by atoms with Crippen molar-refractivity contribution >= 4 is 62.9 Å². The van der Waals surface area contributed by atoms with E-state index in [0.717, 1.165) is 0 Å². The lowest BCUT2D eigenvalue weighted by molar-refractivity contribution is 1.27. The number of nitrogens with zero attached hydrogens (tertiary/aromatic N) is 2. The summed E-state index contributed by atoms with van der Waals surface area (Å²) in [5.41, 5.74) is 7.45. The van der Waals surface area contributed by atoms with Gasteiger partial charge in [-0.25, -0.2) is 0 Å². The van der Waals surface area contributed by atoms with Gasteiger partial charge in [-0.1, -0.05) is 109 Å². The van der Waals surface area contributed by atoms with E-state index < -0.39 is 8.07 Å². The van der Waals surface area contributed by atoms with E-state index in [9.17, 15) is 0 Å². The SMILES string of the molecule is c1ccc(N2c3ccccc3[Si]3(c4ccccc42)c2ccccc2N(c2ccccc2)c2ccccc23)cc1. The van der Waals surface area contributed by atoms with Crippen LogP contribution in [0.5, 0.6) is 0 Å². The van der Waals surface area contributed by atoms with Crippen molar-refractivity contribution < 1.29 is 0 Å². The molecule has 2 nitrogen and oxygen atoms in total. The van der Waals surface area contributed by atoms with Crippen molar-refractivity contribution in [1.29, 1.82) is 0 Å². The van der Waals surface area contributed by atoms with Crippen molar-refractivity contribution in [3.8, 4) is 0 Å². The Bertz CT molecular complexity index is 1600. The first-order valence-corrected chi connectivity index (χ1v) is 15.5. The molecule has 2 aliphatic heterocycles. The van der Waals surface area contributed by atoms with Crippen LogP contribution in [0.25, 0.3) is 0 Å². The molecule has 0 aromatic heterocycles. The Morgan fingerprint density at radius 2 is 0.538 bits per heavy atom. The van der Waals surface area contributed by atoms with Crippen LogP contribution in [0.4, 0.5) is 34.1 Å². The quantitative estimate of drug-likeness (QED) is 0.239. The number of rotatable bonds is 2. The lowest BCUT2D eigenvalue weighted by atomic mass is 10.1. The molecule has 6 aromatic carbocycles. The van der Waals surface area contributed by atoms with Gasteiger partial charge in [0.1, 0.15) is 0 Å². The van der Waals surface area contributed by atoms with Crippen molar-refractivity contribution in [3.63, 3.8) is 0 Å². The van der Waals surface area contributed by atoms with Crippen molar-refractivity contribution in [2.45, 2.75) is 0 Å². The molecule has 3 heteroatoms. The monoisotopic (exact) mass is 514 g/mol. The zero-order valence-electron chi connectivity index (χ0n) is 21.4. The van der Waals surface area contributed by atoms with Crippen LogP contribution in [0.2, 0.25) is 0 Å². The molecule has 1 spiro atoms. The molecule has 2 aliphatic rings. The summed E-state index contributed by atoms with van der Waals surface area (Å²) in [4.78, 5) is 4.91. The fraction of sp³-hybridized carbons (Fsp3) is 0. The summed E-state index contributed by atoms with van der Waals surface area (Å²) in [5, 5.41) is 5.72. The van der Waals surface area contributed by atoms with E-state index in [0.29, 0.717) is 0 Å². The highest BCUT2D eigenvalue weighted by atomic mass is 28.3. The highest BCUT2D eigenvalue weighted by molar-refractivity contribution is 7.23. The molecular weight excluding hydrogens is 488 g/mol. The van der Waals surface area contributed by atoms with E-state index in [4.69, 9.17) is 0 Å². The summed E-state index contributed by atoms with van der Waals surface area (Å²) in [6.07, 6.45) is 0. The maximum Gasteiger partial charge on any atom is 0.188 e. The maximum atomic E-state index is 2.46. The summed E-state index contributed by atoms with van der Waals surface area (Å²) in [6, 6.07) is 58.0. The second-order valence-corrected chi connectivity index (χ2v) is 13.8. The standard InChI is InChI=1S/C36H26N2Si/c1-3-15-27(16-4-1)37-29-19-7-11-23-33(29)39(34-24-12-8-20-30(34)37)35-25-13-9-21-31(35)38(28-17-5-2-6-18-28)32-22-10-14-26-36(32)39/h1-26H. The van der Waals surface area contributed by atoms with E-state index in [2.05, 4.69) is 168 Å². The predicted octanol–water partition coefficient (Wildman–Crippen LogP) is 6.63. The minimum atomic E-state index is -2.69. The van der Waals surface area contributed by atoms with Gasteiger partial charge in [0.2, 0.25) is 0 Å². The molecule has 0 atom stereocenters. The summed E-state index contributed by atoms with van der Waals surface area (Å²) in [7, 11) is -2.69. The molecule has 0 bridgehead atoms. The fourth-order valence-electron chi connectivity index (χ4n) is 6.78. The van der Waals surface area contributed by atoms with Crippen molar-refractivity contribution in [1.82, 2.24) is 0 Å². The summed E-state index contributed by atoms with van der Waals surface area (Å²) in [6.45, 7) is 0. The van der Waals surface area contributed by atoms with Gasteiger partial charge in [-0.2, -0.15) is 0 Å². The summed E-state index contributed by atoms with van der Waals surface area (Å²) < 4.78 is 0. The van der Waals surface area contributed by atoms with Gasteiger partial charge in [-0.15, -0.1) is 0 Å². The van der Waals surface area contributed by atoms with Crippen LogP contribution in [-0.2, 0) is 0 Å². The van der Waals surface area contributed by atoms with Gasteiger partial charge < -0.3 is 9.80 Å². The van der Waals surface area contributed by atoms with E-state index in [1.54, 1.807) is 0 Å². The molecular formula is C36H26N2Si. The minimum absolute atomic E-state index is 1.18. The number of hydrogen-bond acceptors (Lipinski definition) is 2. The third kappa shape index (κ3) is 3.02. The molecule has 184 valence electrons. The Morgan fingerprint density at radius 3 is 0.846 bits per heavy atom. The van der Waals surface area contributed by atoms with Gasteiger partial charge in [0.25, 0.3) is 0 Å². The highest BCUT2D eigenvalue weighted by Gasteiger charge is 2.53. The van der Waals surface area contributed by atoms with Crippen LogP contribution in [-0.4, -0.2) is 8.07 Å². The highest BCUT2D eigenvalue weighted by Crippen LogP contribution is 2.43. The minimum Gasteiger partial charge on any atom is -0.311 e. The lowest BCUT2D eigenvalue weighted by Gasteiger charge is -2.50. The fourth-order valence-corrected chi connectivity index (χ4v) is 12.2. The van der Waals surface area contributed by atoms with E-state index >= 15 is 0 Å². The number of benzene rings is 6. The number of fused-ring (bicyclic) bond motifs is 8. The van der Waals surface area contributed by atoms with Crippen molar-refractivity contribution in [2.24, 2.45) is 0 Å². The Hall–Kier alpha value is -4.86. The normalized spacial score (nSPS) is 14.3. The van der Waals surface area contributed by atoms with Crippen LogP contribution in [0.15, 0.2) is 158 Å². The van der Waals surface area contributed by atoms with Gasteiger partial charge in [0, 0.05) is 34.1 Å². The smallest absolute Gasteiger partial charge is 0.188 e. The molecule has 0 radical (unpaired) electrons. The van der Waals surface area contributed by atoms with Gasteiger partial charge in [-0.3, -0.25) is 0 Å². The molecule has 0 fully saturated rings. The van der Waals surface area contributed by atoms with Gasteiger partial charge in [-0.05, 0) is 69.3 Å². The average molecular weight is 515 g/mol. The van der Waals surface area contributed by atoms with Crippen molar-refractivity contribution in [3.05, 3.63) is 158 Å². The Labute approximate surface area is 230 Å². The molecule has 6 aromatic rings. The number of hydrogen-bond donors (Lipinski definition) is 0. The third-order valence-electron chi connectivity index (χ3n) is 8.22. The zero-order valence-corrected chi connectivity index (χ0v) is 22.4. The summed E-state index contributed by atoms with van der Waals surface area (Å²) in [5.74, 6) is 0. The second kappa shape index (κ2) is 8.59. The van der Waals surface area contributed by atoms with Gasteiger partial charge in [0.15, 0.2) is 8.07 Å². The van der Waals surface area contributed by atoms with Crippen LogP contribution in [0.1, 0.15) is 0 Å². The molecule has 0 N–H and O–H groups in total. The topological polar surface area (TPSA) is 6.48 Å². The van der Waals surface area contributed by atoms with Gasteiger partial charge in [0.05, 0.1) is 0 Å². The van der Waals surface area contributed by atoms with E-state index in [1.165, 1.54) is 54.9 Å². The summed E-state index contributed by atoms with van der Waals surface area (Å²) >= 11 is 0. The van der Waals surface area contributed by atoms with Crippen LogP contribution in [0, 0.1) is 0 Å². The number of para-hydroxylation sites is 6. The molecule has 0 saturated heterocycles. The molecule has 0 unspecified atom stereocenters. The molecule has 39 heavy (non-hydrogen) atoms. The van der Waals surface area contributed by atoms with Crippen LogP contribution in [0.3, 0.4) is 0 Å².